The molecule has 5 nitrogen and oxygen atoms in total. The normalized spacial score (nSPS) is 15.7. The van der Waals surface area contributed by atoms with E-state index in [1.165, 1.54) is 33.5 Å². The number of hydrogen-bond acceptors (Lipinski definition) is 5. The minimum Gasteiger partial charge on any atom is -0.268 e. The highest BCUT2D eigenvalue weighted by atomic mass is 35.5. The lowest BCUT2D eigenvalue weighted by atomic mass is 10.2. The van der Waals surface area contributed by atoms with Crippen molar-refractivity contribution in [1.82, 2.24) is 14.8 Å². The number of nitrogens with zero attached hydrogens (tertiary/aromatic N) is 4. The van der Waals surface area contributed by atoms with E-state index >= 15 is 0 Å². The number of thioether (sulfide) groups is 1. The second-order valence-corrected chi connectivity index (χ2v) is 7.94. The summed E-state index contributed by atoms with van der Waals surface area (Å²) in [6.45, 7) is 1.79. The number of halogens is 2. The van der Waals surface area contributed by atoms with Crippen LogP contribution in [0.5, 0.6) is 0 Å². The van der Waals surface area contributed by atoms with Gasteiger partial charge in [0.15, 0.2) is 4.32 Å². The summed E-state index contributed by atoms with van der Waals surface area (Å²) in [5.41, 5.74) is 2.48. The Balaban J connectivity index is 1.71. The van der Waals surface area contributed by atoms with Crippen LogP contribution in [-0.2, 0) is 4.79 Å². The zero-order valence-corrected chi connectivity index (χ0v) is 16.9. The number of pyridine rings is 1. The van der Waals surface area contributed by atoms with Crippen LogP contribution in [0, 0.1) is 12.7 Å². The number of benzene rings is 1. The van der Waals surface area contributed by atoms with E-state index in [-0.39, 0.29) is 11.7 Å². The van der Waals surface area contributed by atoms with Crippen molar-refractivity contribution in [2.45, 2.75) is 6.92 Å². The third-order valence-corrected chi connectivity index (χ3v) is 5.76. The molecule has 1 aliphatic heterocycles. The summed E-state index contributed by atoms with van der Waals surface area (Å²) in [6, 6.07) is 9.35. The largest absolute Gasteiger partial charge is 0.270 e. The summed E-state index contributed by atoms with van der Waals surface area (Å²) < 4.78 is 15.1. The van der Waals surface area contributed by atoms with Gasteiger partial charge in [-0.25, -0.2) is 9.07 Å². The Kier molecular flexibility index (Phi) is 5.01. The Labute approximate surface area is 174 Å². The summed E-state index contributed by atoms with van der Waals surface area (Å²) >= 11 is 13.1. The van der Waals surface area contributed by atoms with Crippen molar-refractivity contribution in [2.75, 3.05) is 4.90 Å². The van der Waals surface area contributed by atoms with E-state index in [2.05, 4.69) is 10.1 Å². The van der Waals surface area contributed by atoms with Gasteiger partial charge >= 0.3 is 0 Å². The van der Waals surface area contributed by atoms with Gasteiger partial charge in [-0.3, -0.25) is 14.7 Å². The molecule has 0 saturated carbocycles. The van der Waals surface area contributed by atoms with Crippen molar-refractivity contribution in [2.24, 2.45) is 0 Å². The van der Waals surface area contributed by atoms with E-state index < -0.39 is 0 Å². The molecule has 3 aromatic rings. The summed E-state index contributed by atoms with van der Waals surface area (Å²) in [4.78, 5) is 18.8. The van der Waals surface area contributed by atoms with E-state index in [0.717, 1.165) is 0 Å². The molecule has 2 aromatic heterocycles. The predicted molar refractivity (Wildman–Crippen MR) is 113 cm³/mol. The highest BCUT2D eigenvalue weighted by molar-refractivity contribution is 8.27. The van der Waals surface area contributed by atoms with Gasteiger partial charge in [-0.15, -0.1) is 0 Å². The van der Waals surface area contributed by atoms with Crippen LogP contribution >= 0.6 is 35.6 Å². The first-order valence-electron chi connectivity index (χ1n) is 8.15. The highest BCUT2D eigenvalue weighted by Crippen LogP contribution is 2.37. The van der Waals surface area contributed by atoms with E-state index in [9.17, 15) is 9.18 Å². The van der Waals surface area contributed by atoms with Crippen LogP contribution in [0.15, 0.2) is 53.7 Å². The summed E-state index contributed by atoms with van der Waals surface area (Å²) in [6.07, 6.45) is 4.89. The van der Waals surface area contributed by atoms with Crippen molar-refractivity contribution in [3.8, 4) is 5.69 Å². The molecule has 1 aromatic carbocycles. The lowest BCUT2D eigenvalue weighted by molar-refractivity contribution is -0.113. The van der Waals surface area contributed by atoms with Crippen LogP contribution in [0.25, 0.3) is 11.8 Å². The molecule has 0 radical (unpaired) electrons. The molecule has 1 saturated heterocycles. The zero-order chi connectivity index (χ0) is 19.8. The summed E-state index contributed by atoms with van der Waals surface area (Å²) in [5, 5.41) is 4.74. The zero-order valence-electron chi connectivity index (χ0n) is 14.5. The lowest BCUT2D eigenvalue weighted by Crippen LogP contribution is -2.27. The first kappa shape index (κ1) is 18.8. The van der Waals surface area contributed by atoms with Crippen molar-refractivity contribution in [1.29, 1.82) is 0 Å². The van der Waals surface area contributed by atoms with Gasteiger partial charge in [0, 0.05) is 11.8 Å². The maximum absolute atomic E-state index is 13.2. The molecule has 140 valence electrons. The molecule has 1 amide bonds. The quantitative estimate of drug-likeness (QED) is 0.442. The van der Waals surface area contributed by atoms with Crippen LogP contribution in [0.1, 0.15) is 11.3 Å². The average molecular weight is 431 g/mol. The molecule has 0 spiro atoms. The van der Waals surface area contributed by atoms with Crippen LogP contribution in [0.3, 0.4) is 0 Å². The minimum atomic E-state index is -0.344. The van der Waals surface area contributed by atoms with Crippen molar-refractivity contribution in [3.63, 3.8) is 0 Å². The van der Waals surface area contributed by atoms with Crippen molar-refractivity contribution < 1.29 is 9.18 Å². The molecule has 4 rings (SSSR count). The van der Waals surface area contributed by atoms with Crippen LogP contribution in [0.4, 0.5) is 10.1 Å². The van der Waals surface area contributed by atoms with Gasteiger partial charge in [-0.2, -0.15) is 5.10 Å². The molecule has 9 heteroatoms. The molecule has 0 unspecified atom stereocenters. The first-order valence-corrected chi connectivity index (χ1v) is 9.75. The number of aryl methyl sites for hydroxylation is 1. The van der Waals surface area contributed by atoms with E-state index in [1.54, 1.807) is 49.7 Å². The third kappa shape index (κ3) is 3.34. The first-order chi connectivity index (χ1) is 13.5. The number of carbonyl (C=O) groups excluding carboxylic acids is 1. The average Bonchev–Trinajstić information content (AvgIpc) is 3.13. The Morgan fingerprint density at radius 2 is 1.96 bits per heavy atom. The second-order valence-electron chi connectivity index (χ2n) is 5.91. The monoisotopic (exact) mass is 430 g/mol. The Morgan fingerprint density at radius 1 is 1.21 bits per heavy atom. The van der Waals surface area contributed by atoms with E-state index in [1.807, 2.05) is 0 Å². The highest BCUT2D eigenvalue weighted by Gasteiger charge is 2.34. The Morgan fingerprint density at radius 3 is 2.64 bits per heavy atom. The SMILES string of the molecule is Cc1nn(-c2ccc(F)cc2)c(Cl)c1/C=C1\SC(=S)N(c2cccnc2)C1=O. The molecular weight excluding hydrogens is 419 g/mol. The molecule has 0 atom stereocenters. The van der Waals surface area contributed by atoms with Crippen LogP contribution in [0.2, 0.25) is 5.15 Å². The van der Waals surface area contributed by atoms with Gasteiger partial charge in [-0.05, 0) is 49.4 Å². The predicted octanol–water partition coefficient (Wildman–Crippen LogP) is 4.77. The maximum Gasteiger partial charge on any atom is 0.270 e. The van der Waals surface area contributed by atoms with Gasteiger partial charge in [0.2, 0.25) is 0 Å². The fraction of sp³-hybridized carbons (Fsp3) is 0.0526. The lowest BCUT2D eigenvalue weighted by Gasteiger charge is -2.13. The van der Waals surface area contributed by atoms with Gasteiger partial charge < -0.3 is 0 Å². The van der Waals surface area contributed by atoms with Crippen molar-refractivity contribution in [3.05, 3.63) is 75.9 Å². The van der Waals surface area contributed by atoms with Crippen LogP contribution < -0.4 is 4.90 Å². The van der Waals surface area contributed by atoms with Gasteiger partial charge in [-0.1, -0.05) is 35.6 Å². The number of hydrogen-bond donors (Lipinski definition) is 0. The Hall–Kier alpha value is -2.55. The number of anilines is 1. The summed E-state index contributed by atoms with van der Waals surface area (Å²) in [5.74, 6) is -0.587. The fourth-order valence-corrected chi connectivity index (χ4v) is 4.34. The molecule has 3 heterocycles. The standard InChI is InChI=1S/C19H12ClFN4OS2/c1-11-15(17(20)25(23-11)13-6-4-12(21)5-7-13)9-16-18(26)24(19(27)28-16)14-3-2-8-22-10-14/h2-10H,1H3/b16-9-. The third-order valence-electron chi connectivity index (χ3n) is 4.09. The van der Waals surface area contributed by atoms with Gasteiger partial charge in [0.1, 0.15) is 11.0 Å². The van der Waals surface area contributed by atoms with E-state index in [4.69, 9.17) is 23.8 Å². The number of carbonyl (C=O) groups is 1. The molecule has 0 N–H and O–H groups in total. The minimum absolute atomic E-state index is 0.243. The summed E-state index contributed by atoms with van der Waals surface area (Å²) in [7, 11) is 0. The number of thiocarbonyl (C=S) groups is 1. The molecule has 1 fully saturated rings. The molecular formula is C19H12ClFN4OS2. The van der Waals surface area contributed by atoms with Crippen molar-refractivity contribution >= 4 is 57.6 Å². The maximum atomic E-state index is 13.2. The molecule has 0 aliphatic carbocycles. The number of rotatable bonds is 3. The Bertz CT molecular complexity index is 1110. The number of amides is 1. The molecule has 0 bridgehead atoms. The van der Waals surface area contributed by atoms with Gasteiger partial charge in [0.25, 0.3) is 5.91 Å². The number of aromatic nitrogens is 3. The van der Waals surface area contributed by atoms with Gasteiger partial charge in [0.05, 0.1) is 28.2 Å². The molecule has 1 aliphatic rings. The van der Waals surface area contributed by atoms with Crippen LogP contribution in [-0.4, -0.2) is 25.0 Å². The topological polar surface area (TPSA) is 51.0 Å². The fourth-order valence-electron chi connectivity index (χ4n) is 2.74. The molecule has 28 heavy (non-hydrogen) atoms. The van der Waals surface area contributed by atoms with E-state index in [0.29, 0.717) is 37.0 Å². The second kappa shape index (κ2) is 7.46. The smallest absolute Gasteiger partial charge is 0.268 e.